The number of anilines is 1. The minimum atomic E-state index is -0.920. The fraction of sp³-hybridized carbons (Fsp3) is 0.385. The lowest BCUT2D eigenvalue weighted by Gasteiger charge is -2.32. The van der Waals surface area contributed by atoms with Crippen LogP contribution in [0.3, 0.4) is 0 Å². The minimum absolute atomic E-state index is 0.0568. The van der Waals surface area contributed by atoms with Crippen LogP contribution < -0.4 is 10.6 Å². The Bertz CT molecular complexity index is 492. The third kappa shape index (κ3) is 3.93. The summed E-state index contributed by atoms with van der Waals surface area (Å²) < 4.78 is 0. The molecule has 108 valence electrons. The Balaban J connectivity index is 1.92. The predicted molar refractivity (Wildman–Crippen MR) is 75.9 cm³/mol. The van der Waals surface area contributed by atoms with Gasteiger partial charge in [-0.3, -0.25) is 14.5 Å². The maximum absolute atomic E-state index is 11.9. The average molecular weight is 298 g/mol. The normalized spacial score (nSPS) is 19.6. The van der Waals surface area contributed by atoms with Gasteiger partial charge in [0.25, 0.3) is 0 Å². The topological polar surface area (TPSA) is 81.7 Å². The monoisotopic (exact) mass is 297 g/mol. The average Bonchev–Trinajstić information content (AvgIpc) is 2.41. The molecule has 0 spiro atoms. The first kappa shape index (κ1) is 14.8. The number of carboxylic acid groups (broad SMARTS) is 1. The molecule has 1 unspecified atom stereocenters. The number of aliphatic carboxylic acids is 1. The summed E-state index contributed by atoms with van der Waals surface area (Å²) in [6.07, 6.45) is 0. The lowest BCUT2D eigenvalue weighted by molar-refractivity contribution is -0.144. The van der Waals surface area contributed by atoms with Crippen molar-refractivity contribution in [1.82, 2.24) is 10.2 Å². The van der Waals surface area contributed by atoms with Gasteiger partial charge in [0, 0.05) is 30.3 Å². The van der Waals surface area contributed by atoms with Crippen LogP contribution in [0.4, 0.5) is 5.69 Å². The Morgan fingerprint density at radius 2 is 2.10 bits per heavy atom. The summed E-state index contributed by atoms with van der Waals surface area (Å²) in [4.78, 5) is 24.7. The zero-order valence-electron chi connectivity index (χ0n) is 10.8. The summed E-state index contributed by atoms with van der Waals surface area (Å²) in [5.41, 5.74) is 0.640. The standard InChI is InChI=1S/C13H16ClN3O3/c14-9-1-3-10(4-2-9)16-12(18)8-17-6-5-15-7-11(17)13(19)20/h1-4,11,15H,5-8H2,(H,16,18)(H,19,20). The third-order valence-electron chi connectivity index (χ3n) is 3.11. The van der Waals surface area contributed by atoms with Crippen molar-refractivity contribution in [1.29, 1.82) is 0 Å². The molecule has 0 aliphatic carbocycles. The number of hydrogen-bond acceptors (Lipinski definition) is 4. The zero-order valence-corrected chi connectivity index (χ0v) is 11.6. The molecule has 1 amide bonds. The molecule has 1 heterocycles. The molecular weight excluding hydrogens is 282 g/mol. The number of amides is 1. The fourth-order valence-corrected chi connectivity index (χ4v) is 2.22. The lowest BCUT2D eigenvalue weighted by atomic mass is 10.2. The number of benzene rings is 1. The van der Waals surface area contributed by atoms with Crippen molar-refractivity contribution in [3.05, 3.63) is 29.3 Å². The van der Waals surface area contributed by atoms with Crippen molar-refractivity contribution >= 4 is 29.2 Å². The van der Waals surface area contributed by atoms with Crippen molar-refractivity contribution in [2.24, 2.45) is 0 Å². The summed E-state index contributed by atoms with van der Waals surface area (Å²) in [5, 5.41) is 15.4. The number of piperazine rings is 1. The molecule has 7 heteroatoms. The Kier molecular flexibility index (Phi) is 4.94. The number of nitrogens with zero attached hydrogens (tertiary/aromatic N) is 1. The number of rotatable bonds is 4. The van der Waals surface area contributed by atoms with E-state index < -0.39 is 12.0 Å². The molecule has 1 aliphatic heterocycles. The number of carbonyl (C=O) groups is 2. The van der Waals surface area contributed by atoms with Gasteiger partial charge in [-0.25, -0.2) is 0 Å². The van der Waals surface area contributed by atoms with Gasteiger partial charge in [-0.2, -0.15) is 0 Å². The summed E-state index contributed by atoms with van der Waals surface area (Å²) >= 11 is 5.76. The molecule has 0 bridgehead atoms. The Hall–Kier alpha value is -1.63. The third-order valence-corrected chi connectivity index (χ3v) is 3.37. The van der Waals surface area contributed by atoms with Crippen LogP contribution in [0.25, 0.3) is 0 Å². The zero-order chi connectivity index (χ0) is 14.5. The molecular formula is C13H16ClN3O3. The number of carbonyl (C=O) groups excluding carboxylic acids is 1. The molecule has 6 nitrogen and oxygen atoms in total. The molecule has 1 atom stereocenters. The highest BCUT2D eigenvalue weighted by Crippen LogP contribution is 2.13. The molecule has 0 radical (unpaired) electrons. The van der Waals surface area contributed by atoms with Crippen molar-refractivity contribution in [2.45, 2.75) is 6.04 Å². The fourth-order valence-electron chi connectivity index (χ4n) is 2.10. The van der Waals surface area contributed by atoms with E-state index in [2.05, 4.69) is 10.6 Å². The molecule has 0 aromatic heterocycles. The Morgan fingerprint density at radius 3 is 2.75 bits per heavy atom. The summed E-state index contributed by atoms with van der Waals surface area (Å²) in [5.74, 6) is -1.16. The van der Waals surface area contributed by atoms with Gasteiger partial charge in [0.05, 0.1) is 6.54 Å². The van der Waals surface area contributed by atoms with Crippen LogP contribution in [0.15, 0.2) is 24.3 Å². The van der Waals surface area contributed by atoms with Gasteiger partial charge in [-0.15, -0.1) is 0 Å². The van der Waals surface area contributed by atoms with Gasteiger partial charge in [-0.1, -0.05) is 11.6 Å². The molecule has 20 heavy (non-hydrogen) atoms. The molecule has 1 aromatic carbocycles. The molecule has 1 aliphatic rings. The molecule has 1 saturated heterocycles. The SMILES string of the molecule is O=C(CN1CCNCC1C(=O)O)Nc1ccc(Cl)cc1. The Morgan fingerprint density at radius 1 is 1.40 bits per heavy atom. The van der Waals surface area contributed by atoms with Gasteiger partial charge in [0.15, 0.2) is 0 Å². The van der Waals surface area contributed by atoms with E-state index in [4.69, 9.17) is 16.7 Å². The maximum Gasteiger partial charge on any atom is 0.322 e. The first-order valence-electron chi connectivity index (χ1n) is 6.29. The largest absolute Gasteiger partial charge is 0.480 e. The quantitative estimate of drug-likeness (QED) is 0.760. The van der Waals surface area contributed by atoms with Crippen LogP contribution in [0.2, 0.25) is 5.02 Å². The maximum atomic E-state index is 11.9. The van der Waals surface area contributed by atoms with E-state index in [9.17, 15) is 9.59 Å². The van der Waals surface area contributed by atoms with E-state index in [0.717, 1.165) is 0 Å². The molecule has 2 rings (SSSR count). The second kappa shape index (κ2) is 6.69. The van der Waals surface area contributed by atoms with Crippen molar-refractivity contribution in [3.63, 3.8) is 0 Å². The highest BCUT2D eigenvalue weighted by atomic mass is 35.5. The van der Waals surface area contributed by atoms with Crippen LogP contribution >= 0.6 is 11.6 Å². The number of nitrogens with one attached hydrogen (secondary N) is 2. The van der Waals surface area contributed by atoms with Gasteiger partial charge >= 0.3 is 5.97 Å². The highest BCUT2D eigenvalue weighted by molar-refractivity contribution is 6.30. The van der Waals surface area contributed by atoms with Gasteiger partial charge < -0.3 is 15.7 Å². The van der Waals surface area contributed by atoms with Gasteiger partial charge in [0.1, 0.15) is 6.04 Å². The second-order valence-corrected chi connectivity index (χ2v) is 5.02. The van der Waals surface area contributed by atoms with Gasteiger partial charge in [0.2, 0.25) is 5.91 Å². The smallest absolute Gasteiger partial charge is 0.322 e. The van der Waals surface area contributed by atoms with Crippen LogP contribution in [0.1, 0.15) is 0 Å². The lowest BCUT2D eigenvalue weighted by Crippen LogP contribution is -2.56. The number of carboxylic acids is 1. The van der Waals surface area contributed by atoms with Crippen LogP contribution in [-0.4, -0.2) is 54.1 Å². The molecule has 0 saturated carbocycles. The van der Waals surface area contributed by atoms with E-state index in [1.54, 1.807) is 29.2 Å². The van der Waals surface area contributed by atoms with Crippen molar-refractivity contribution in [3.8, 4) is 0 Å². The first-order chi connectivity index (χ1) is 9.56. The summed E-state index contributed by atoms with van der Waals surface area (Å²) in [6.45, 7) is 1.62. The van der Waals surface area contributed by atoms with Crippen molar-refractivity contribution < 1.29 is 14.7 Å². The van der Waals surface area contributed by atoms with E-state index in [1.165, 1.54) is 0 Å². The second-order valence-electron chi connectivity index (χ2n) is 4.58. The predicted octanol–water partition coefficient (Wildman–Crippen LogP) is 0.637. The summed E-state index contributed by atoms with van der Waals surface area (Å²) in [7, 11) is 0. The molecule has 1 fully saturated rings. The minimum Gasteiger partial charge on any atom is -0.480 e. The molecule has 1 aromatic rings. The van der Waals surface area contributed by atoms with Gasteiger partial charge in [-0.05, 0) is 24.3 Å². The van der Waals surface area contributed by atoms with Crippen LogP contribution in [0, 0.1) is 0 Å². The first-order valence-corrected chi connectivity index (χ1v) is 6.67. The van der Waals surface area contributed by atoms with E-state index >= 15 is 0 Å². The molecule has 3 N–H and O–H groups in total. The number of hydrogen-bond donors (Lipinski definition) is 3. The number of halogens is 1. The van der Waals surface area contributed by atoms with E-state index in [1.807, 2.05) is 0 Å². The van der Waals surface area contributed by atoms with E-state index in [0.29, 0.717) is 30.3 Å². The van der Waals surface area contributed by atoms with E-state index in [-0.39, 0.29) is 12.5 Å². The van der Waals surface area contributed by atoms with Crippen molar-refractivity contribution in [2.75, 3.05) is 31.5 Å². The van der Waals surface area contributed by atoms with Crippen LogP contribution in [-0.2, 0) is 9.59 Å². The Labute approximate surface area is 121 Å². The summed E-state index contributed by atoms with van der Waals surface area (Å²) in [6, 6.07) is 6.10. The van der Waals surface area contributed by atoms with Crippen LogP contribution in [0.5, 0.6) is 0 Å². The highest BCUT2D eigenvalue weighted by Gasteiger charge is 2.29.